The van der Waals surface area contributed by atoms with E-state index in [9.17, 15) is 9.18 Å². The van der Waals surface area contributed by atoms with Crippen molar-refractivity contribution in [2.24, 2.45) is 0 Å². The highest BCUT2D eigenvalue weighted by Crippen LogP contribution is 2.30. The lowest BCUT2D eigenvalue weighted by molar-refractivity contribution is 0.0722. The van der Waals surface area contributed by atoms with Crippen molar-refractivity contribution in [3.63, 3.8) is 0 Å². The molecule has 6 heteroatoms. The average Bonchev–Trinajstić information content (AvgIpc) is 3.09. The minimum Gasteiger partial charge on any atom is -0.493 e. The minimum atomic E-state index is -0.515. The van der Waals surface area contributed by atoms with Crippen LogP contribution in [0.2, 0.25) is 0 Å². The van der Waals surface area contributed by atoms with Gasteiger partial charge in [0.05, 0.1) is 12.8 Å². The molecule has 0 saturated heterocycles. The van der Waals surface area contributed by atoms with Crippen LogP contribution in [0.5, 0.6) is 11.5 Å². The first-order valence-corrected chi connectivity index (χ1v) is 8.89. The molecule has 0 amide bonds. The van der Waals surface area contributed by atoms with Gasteiger partial charge in [-0.3, -0.25) is 0 Å². The number of esters is 1. The second-order valence-corrected chi connectivity index (χ2v) is 6.41. The lowest BCUT2D eigenvalue weighted by atomic mass is 9.95. The zero-order chi connectivity index (χ0) is 18.8. The summed E-state index contributed by atoms with van der Waals surface area (Å²) < 4.78 is 25.8. The Balaban J connectivity index is 1.72. The van der Waals surface area contributed by atoms with Crippen molar-refractivity contribution in [1.82, 2.24) is 9.78 Å². The highest BCUT2D eigenvalue weighted by molar-refractivity contribution is 5.91. The molecule has 0 spiro atoms. The summed E-state index contributed by atoms with van der Waals surface area (Å²) in [5.41, 5.74) is 2.93. The van der Waals surface area contributed by atoms with E-state index >= 15 is 0 Å². The van der Waals surface area contributed by atoms with Gasteiger partial charge in [0.1, 0.15) is 5.82 Å². The molecule has 3 aromatic rings. The van der Waals surface area contributed by atoms with Gasteiger partial charge in [-0.15, -0.1) is 0 Å². The molecule has 27 heavy (non-hydrogen) atoms. The zero-order valence-electron chi connectivity index (χ0n) is 14.9. The lowest BCUT2D eigenvalue weighted by Crippen LogP contribution is -2.13. The molecule has 0 atom stereocenters. The van der Waals surface area contributed by atoms with E-state index in [1.54, 1.807) is 41.1 Å². The van der Waals surface area contributed by atoms with Gasteiger partial charge in [0.2, 0.25) is 0 Å². The summed E-state index contributed by atoms with van der Waals surface area (Å²) in [5, 5.41) is 4.52. The Morgan fingerprint density at radius 3 is 2.48 bits per heavy atom. The lowest BCUT2D eigenvalue weighted by Gasteiger charge is -2.14. The monoisotopic (exact) mass is 366 g/mol. The molecule has 5 nitrogen and oxygen atoms in total. The Hall–Kier alpha value is -3.15. The number of aromatic nitrogens is 2. The number of nitrogens with zero attached hydrogens (tertiary/aromatic N) is 2. The maximum Gasteiger partial charge on any atom is 0.364 e. The Morgan fingerprint density at radius 2 is 1.74 bits per heavy atom. The third-order valence-corrected chi connectivity index (χ3v) is 4.72. The second kappa shape index (κ2) is 7.23. The molecule has 0 unspecified atom stereocenters. The molecule has 1 heterocycles. The van der Waals surface area contributed by atoms with Crippen LogP contribution in [0.15, 0.2) is 48.5 Å². The Morgan fingerprint density at radius 1 is 1.04 bits per heavy atom. The first-order chi connectivity index (χ1) is 13.2. The first-order valence-electron chi connectivity index (χ1n) is 8.89. The molecule has 138 valence electrons. The van der Waals surface area contributed by atoms with Gasteiger partial charge in [0.25, 0.3) is 0 Å². The number of methoxy groups -OCH3 is 1. The maximum absolute atomic E-state index is 13.3. The number of carbonyl (C=O) groups is 1. The van der Waals surface area contributed by atoms with Crippen LogP contribution in [-0.4, -0.2) is 22.9 Å². The summed E-state index contributed by atoms with van der Waals surface area (Å²) in [6.45, 7) is 0. The molecule has 0 N–H and O–H groups in total. The van der Waals surface area contributed by atoms with E-state index in [0.717, 1.165) is 42.6 Å². The molecule has 4 rings (SSSR count). The smallest absolute Gasteiger partial charge is 0.364 e. The van der Waals surface area contributed by atoms with Gasteiger partial charge >= 0.3 is 5.97 Å². The Kier molecular flexibility index (Phi) is 4.62. The molecule has 1 aromatic heterocycles. The van der Waals surface area contributed by atoms with Crippen LogP contribution in [0.4, 0.5) is 4.39 Å². The quantitative estimate of drug-likeness (QED) is 0.515. The van der Waals surface area contributed by atoms with Crippen LogP contribution in [0.1, 0.15) is 34.6 Å². The maximum atomic E-state index is 13.3. The molecular formula is C21H19FN2O3. The highest BCUT2D eigenvalue weighted by Gasteiger charge is 2.27. The summed E-state index contributed by atoms with van der Waals surface area (Å²) in [5.74, 6) is 0.0117. The zero-order valence-corrected chi connectivity index (χ0v) is 14.9. The van der Waals surface area contributed by atoms with Crippen molar-refractivity contribution < 1.29 is 18.7 Å². The van der Waals surface area contributed by atoms with Gasteiger partial charge in [-0.05, 0) is 62.1 Å². The Labute approximate surface area is 156 Å². The van der Waals surface area contributed by atoms with Gasteiger partial charge in [-0.1, -0.05) is 12.1 Å². The van der Waals surface area contributed by atoms with Gasteiger partial charge in [0, 0.05) is 11.3 Å². The summed E-state index contributed by atoms with van der Waals surface area (Å²) >= 11 is 0. The molecule has 0 aliphatic heterocycles. The number of ether oxygens (including phenoxy) is 2. The van der Waals surface area contributed by atoms with Crippen LogP contribution in [0, 0.1) is 5.82 Å². The normalized spacial score (nSPS) is 13.1. The predicted octanol–water partition coefficient (Wildman–Crippen LogP) is 4.12. The van der Waals surface area contributed by atoms with Crippen LogP contribution < -0.4 is 9.47 Å². The van der Waals surface area contributed by atoms with E-state index in [2.05, 4.69) is 5.10 Å². The number of fused-ring (bicyclic) bond motifs is 1. The molecule has 1 aliphatic carbocycles. The fourth-order valence-corrected chi connectivity index (χ4v) is 3.41. The number of carbonyl (C=O) groups excluding carboxylic acids is 1. The van der Waals surface area contributed by atoms with Gasteiger partial charge in [-0.25, -0.2) is 13.9 Å². The van der Waals surface area contributed by atoms with Crippen molar-refractivity contribution in [3.05, 3.63) is 71.3 Å². The largest absolute Gasteiger partial charge is 0.493 e. The fourth-order valence-electron chi connectivity index (χ4n) is 3.41. The van der Waals surface area contributed by atoms with Crippen molar-refractivity contribution in [2.75, 3.05) is 7.11 Å². The number of halogens is 1. The first kappa shape index (κ1) is 17.3. The van der Waals surface area contributed by atoms with Crippen molar-refractivity contribution >= 4 is 5.97 Å². The molecule has 1 aliphatic rings. The van der Waals surface area contributed by atoms with Gasteiger partial charge < -0.3 is 9.47 Å². The average molecular weight is 366 g/mol. The van der Waals surface area contributed by atoms with E-state index in [-0.39, 0.29) is 5.82 Å². The SMILES string of the molecule is COc1ccccc1OC(=O)c1nn(-c2ccc(F)cc2)c2c1CCCC2. The number of hydrogen-bond acceptors (Lipinski definition) is 4. The minimum absolute atomic E-state index is 0.305. The third-order valence-electron chi connectivity index (χ3n) is 4.72. The van der Waals surface area contributed by atoms with E-state index in [1.165, 1.54) is 19.2 Å². The Bertz CT molecular complexity index is 980. The summed E-state index contributed by atoms with van der Waals surface area (Å²) in [7, 11) is 1.53. The third kappa shape index (κ3) is 3.30. The number of hydrogen-bond donors (Lipinski definition) is 0. The number of rotatable bonds is 4. The van der Waals surface area contributed by atoms with Crippen molar-refractivity contribution in [2.45, 2.75) is 25.7 Å². The predicted molar refractivity (Wildman–Crippen MR) is 98.1 cm³/mol. The summed E-state index contributed by atoms with van der Waals surface area (Å²) in [4.78, 5) is 12.8. The molecule has 2 aromatic carbocycles. The topological polar surface area (TPSA) is 53.4 Å². The molecule has 0 radical (unpaired) electrons. The van der Waals surface area contributed by atoms with Gasteiger partial charge in [0.15, 0.2) is 17.2 Å². The van der Waals surface area contributed by atoms with Crippen molar-refractivity contribution in [3.8, 4) is 17.2 Å². The van der Waals surface area contributed by atoms with Crippen molar-refractivity contribution in [1.29, 1.82) is 0 Å². The molecule has 0 saturated carbocycles. The highest BCUT2D eigenvalue weighted by atomic mass is 19.1. The van der Waals surface area contributed by atoms with Crippen LogP contribution in [0.3, 0.4) is 0 Å². The molecular weight excluding hydrogens is 347 g/mol. The molecule has 0 fully saturated rings. The molecule has 0 bridgehead atoms. The summed E-state index contributed by atoms with van der Waals surface area (Å²) in [6.07, 6.45) is 3.62. The standard InChI is InChI=1S/C21H19FN2O3/c1-26-18-8-4-5-9-19(18)27-21(25)20-16-6-2-3-7-17(16)24(23-20)15-12-10-14(22)11-13-15/h4-5,8-13H,2-3,6-7H2,1H3. The number of benzene rings is 2. The summed E-state index contributed by atoms with van der Waals surface area (Å²) in [6, 6.07) is 13.1. The van der Waals surface area contributed by atoms with E-state index < -0.39 is 5.97 Å². The van der Waals surface area contributed by atoms with E-state index in [1.807, 2.05) is 0 Å². The van der Waals surface area contributed by atoms with E-state index in [0.29, 0.717) is 17.2 Å². The van der Waals surface area contributed by atoms with Crippen LogP contribution in [-0.2, 0) is 12.8 Å². The van der Waals surface area contributed by atoms with Crippen LogP contribution in [0.25, 0.3) is 5.69 Å². The number of para-hydroxylation sites is 2. The van der Waals surface area contributed by atoms with Crippen LogP contribution >= 0.6 is 0 Å². The fraction of sp³-hybridized carbons (Fsp3) is 0.238. The second-order valence-electron chi connectivity index (χ2n) is 6.41. The van der Waals surface area contributed by atoms with E-state index in [4.69, 9.17) is 9.47 Å². The van der Waals surface area contributed by atoms with Gasteiger partial charge in [-0.2, -0.15) is 5.10 Å².